The fraction of sp³-hybridized carbons (Fsp3) is 0.263. The van der Waals surface area contributed by atoms with E-state index in [9.17, 15) is 0 Å². The third-order valence-electron chi connectivity index (χ3n) is 4.98. The van der Waals surface area contributed by atoms with Gasteiger partial charge in [-0.1, -0.05) is 23.7 Å². The van der Waals surface area contributed by atoms with E-state index < -0.39 is 0 Å². The molecule has 4 rings (SSSR count). The van der Waals surface area contributed by atoms with Crippen molar-refractivity contribution in [2.45, 2.75) is 18.9 Å². The van der Waals surface area contributed by atoms with Gasteiger partial charge in [-0.25, -0.2) is 4.68 Å². The Kier molecular flexibility index (Phi) is 3.69. The topological polar surface area (TPSA) is 56.9 Å². The third-order valence-corrected chi connectivity index (χ3v) is 5.22. The highest BCUT2D eigenvalue weighted by Gasteiger charge is 2.32. The van der Waals surface area contributed by atoms with Crippen LogP contribution in [0.3, 0.4) is 0 Å². The molecule has 1 aliphatic rings. The quantitative estimate of drug-likeness (QED) is 0.737. The number of aromatic nitrogens is 2. The summed E-state index contributed by atoms with van der Waals surface area (Å²) < 4.78 is 1.93. The molecule has 0 bridgehead atoms. The first kappa shape index (κ1) is 16.0. The summed E-state index contributed by atoms with van der Waals surface area (Å²) in [5, 5.41) is 17.7. The van der Waals surface area contributed by atoms with Crippen molar-refractivity contribution in [3.63, 3.8) is 0 Å². The number of hydrogen-bond acceptors (Lipinski definition) is 2. The van der Waals surface area contributed by atoms with Crippen molar-refractivity contribution < 1.29 is 0 Å². The molecule has 1 fully saturated rings. The van der Waals surface area contributed by atoms with Crippen molar-refractivity contribution in [1.29, 1.82) is 5.41 Å². The monoisotopic (exact) mass is 353 g/mol. The lowest BCUT2D eigenvalue weighted by Gasteiger charge is -2.41. The summed E-state index contributed by atoms with van der Waals surface area (Å²) in [6.45, 7) is 3.00. The number of hydrogen-bond donors (Lipinski definition) is 2. The number of nitrogens with zero attached hydrogens (tertiary/aromatic N) is 3. The SMILES string of the molecule is CN1CC[C@@](C)(c2cccc(-n3ncc4cc(Cl)ccc43)c2)NC1=N. The average Bonchev–Trinajstić information content (AvgIpc) is 3.01. The van der Waals surface area contributed by atoms with Crippen LogP contribution in [-0.2, 0) is 5.54 Å². The van der Waals surface area contributed by atoms with E-state index in [1.807, 2.05) is 53.2 Å². The van der Waals surface area contributed by atoms with E-state index in [0.717, 1.165) is 35.1 Å². The van der Waals surface area contributed by atoms with E-state index in [-0.39, 0.29) is 5.54 Å². The molecule has 6 heteroatoms. The molecule has 0 radical (unpaired) electrons. The zero-order valence-electron chi connectivity index (χ0n) is 14.3. The van der Waals surface area contributed by atoms with Crippen LogP contribution < -0.4 is 5.32 Å². The molecule has 2 aromatic carbocycles. The Labute approximate surface area is 151 Å². The lowest BCUT2D eigenvalue weighted by atomic mass is 9.87. The standard InChI is InChI=1S/C19H20ClN5/c1-19(8-9-24(2)18(21)23-19)14-4-3-5-16(11-14)25-17-7-6-15(20)10-13(17)12-22-25/h3-7,10-12H,8-9H2,1-2H3,(H2,21,23)/t19-/m0/s1. The second-order valence-corrected chi connectivity index (χ2v) is 7.22. The van der Waals surface area contributed by atoms with Gasteiger partial charge in [-0.05, 0) is 49.2 Å². The van der Waals surface area contributed by atoms with Crippen molar-refractivity contribution in [2.75, 3.05) is 13.6 Å². The lowest BCUT2D eigenvalue weighted by Crippen LogP contribution is -2.55. The number of rotatable bonds is 2. The molecule has 0 spiro atoms. The van der Waals surface area contributed by atoms with Crippen LogP contribution in [0.1, 0.15) is 18.9 Å². The fourth-order valence-electron chi connectivity index (χ4n) is 3.33. The van der Waals surface area contributed by atoms with Gasteiger partial charge in [0.1, 0.15) is 0 Å². The van der Waals surface area contributed by atoms with Gasteiger partial charge >= 0.3 is 0 Å². The lowest BCUT2D eigenvalue weighted by molar-refractivity contribution is 0.284. The second-order valence-electron chi connectivity index (χ2n) is 6.79. The minimum absolute atomic E-state index is 0.258. The zero-order valence-corrected chi connectivity index (χ0v) is 15.0. The highest BCUT2D eigenvalue weighted by Crippen LogP contribution is 2.30. The van der Waals surface area contributed by atoms with Crippen molar-refractivity contribution in [2.24, 2.45) is 0 Å². The van der Waals surface area contributed by atoms with Gasteiger partial charge in [0.25, 0.3) is 0 Å². The average molecular weight is 354 g/mol. The Morgan fingerprint density at radius 1 is 1.24 bits per heavy atom. The van der Waals surface area contributed by atoms with E-state index in [1.165, 1.54) is 0 Å². The van der Waals surface area contributed by atoms with Gasteiger partial charge in [-0.3, -0.25) is 5.41 Å². The van der Waals surface area contributed by atoms with Crippen molar-refractivity contribution in [1.82, 2.24) is 20.0 Å². The van der Waals surface area contributed by atoms with Crippen LogP contribution >= 0.6 is 11.6 Å². The third kappa shape index (κ3) is 2.74. The number of nitrogens with one attached hydrogen (secondary N) is 2. The molecule has 0 amide bonds. The summed E-state index contributed by atoms with van der Waals surface area (Å²) in [5.74, 6) is 0.457. The van der Waals surface area contributed by atoms with E-state index in [1.54, 1.807) is 0 Å². The maximum absolute atomic E-state index is 8.11. The number of benzene rings is 2. The normalized spacial score (nSPS) is 20.8. The maximum Gasteiger partial charge on any atom is 0.191 e. The predicted molar refractivity (Wildman–Crippen MR) is 102 cm³/mol. The summed E-state index contributed by atoms with van der Waals surface area (Å²) in [5.41, 5.74) is 2.92. The molecule has 5 nitrogen and oxygen atoms in total. The molecule has 1 aliphatic heterocycles. The van der Waals surface area contributed by atoms with Crippen LogP contribution in [0.2, 0.25) is 5.02 Å². The Bertz CT molecular complexity index is 963. The van der Waals surface area contributed by atoms with Crippen LogP contribution in [0, 0.1) is 5.41 Å². The van der Waals surface area contributed by atoms with Gasteiger partial charge in [-0.15, -0.1) is 0 Å². The smallest absolute Gasteiger partial charge is 0.191 e. The van der Waals surface area contributed by atoms with Crippen LogP contribution in [-0.4, -0.2) is 34.2 Å². The van der Waals surface area contributed by atoms with E-state index >= 15 is 0 Å². The molecule has 25 heavy (non-hydrogen) atoms. The Hall–Kier alpha value is -2.53. The summed E-state index contributed by atoms with van der Waals surface area (Å²) in [4.78, 5) is 1.93. The Morgan fingerprint density at radius 2 is 2.08 bits per heavy atom. The molecule has 1 atom stereocenters. The van der Waals surface area contributed by atoms with Crippen LogP contribution in [0.4, 0.5) is 0 Å². The number of halogens is 1. The molecule has 1 aromatic heterocycles. The summed E-state index contributed by atoms with van der Waals surface area (Å²) >= 11 is 6.08. The minimum atomic E-state index is -0.258. The molecular formula is C19H20ClN5. The highest BCUT2D eigenvalue weighted by molar-refractivity contribution is 6.31. The summed E-state index contributed by atoms with van der Waals surface area (Å²) in [7, 11) is 1.94. The van der Waals surface area contributed by atoms with Crippen molar-refractivity contribution in [3.8, 4) is 5.69 Å². The van der Waals surface area contributed by atoms with Crippen LogP contribution in [0.25, 0.3) is 16.6 Å². The van der Waals surface area contributed by atoms with Crippen molar-refractivity contribution >= 4 is 28.5 Å². The van der Waals surface area contributed by atoms with Gasteiger partial charge in [0.05, 0.1) is 22.9 Å². The molecule has 2 heterocycles. The molecule has 128 valence electrons. The van der Waals surface area contributed by atoms with Crippen LogP contribution in [0.5, 0.6) is 0 Å². The van der Waals surface area contributed by atoms with E-state index in [4.69, 9.17) is 17.0 Å². The highest BCUT2D eigenvalue weighted by atomic mass is 35.5. The predicted octanol–water partition coefficient (Wildman–Crippen LogP) is 3.75. The molecule has 3 aromatic rings. The van der Waals surface area contributed by atoms with Crippen LogP contribution in [0.15, 0.2) is 48.7 Å². The largest absolute Gasteiger partial charge is 0.347 e. The summed E-state index contributed by atoms with van der Waals surface area (Å²) in [6.07, 6.45) is 2.77. The first-order chi connectivity index (χ1) is 12.0. The molecule has 0 saturated carbocycles. The minimum Gasteiger partial charge on any atom is -0.347 e. The molecule has 2 N–H and O–H groups in total. The van der Waals surface area contributed by atoms with Gasteiger partial charge < -0.3 is 10.2 Å². The van der Waals surface area contributed by atoms with E-state index in [2.05, 4.69) is 29.5 Å². The van der Waals surface area contributed by atoms with Gasteiger partial charge in [0.15, 0.2) is 5.96 Å². The zero-order chi connectivity index (χ0) is 17.6. The second kappa shape index (κ2) is 5.77. The van der Waals surface area contributed by atoms with Crippen molar-refractivity contribution in [3.05, 3.63) is 59.2 Å². The number of fused-ring (bicyclic) bond motifs is 1. The summed E-state index contributed by atoms with van der Waals surface area (Å²) in [6, 6.07) is 14.1. The first-order valence-corrected chi connectivity index (χ1v) is 8.66. The van der Waals surface area contributed by atoms with E-state index in [0.29, 0.717) is 11.0 Å². The fourth-order valence-corrected chi connectivity index (χ4v) is 3.51. The molecular weight excluding hydrogens is 334 g/mol. The Morgan fingerprint density at radius 3 is 2.88 bits per heavy atom. The number of guanidine groups is 1. The van der Waals surface area contributed by atoms with Gasteiger partial charge in [0.2, 0.25) is 0 Å². The first-order valence-electron chi connectivity index (χ1n) is 8.28. The van der Waals surface area contributed by atoms with Gasteiger partial charge in [-0.2, -0.15) is 5.10 Å². The molecule has 0 unspecified atom stereocenters. The molecule has 0 aliphatic carbocycles. The maximum atomic E-state index is 8.11. The Balaban J connectivity index is 1.75. The van der Waals surface area contributed by atoms with Gasteiger partial charge in [0, 0.05) is 24.0 Å². The molecule has 1 saturated heterocycles.